The first-order valence-electron chi connectivity index (χ1n) is 7.79. The average Bonchev–Trinajstić information content (AvgIpc) is 3.16. The van der Waals surface area contributed by atoms with Gasteiger partial charge in [0.25, 0.3) is 5.91 Å². The molecular weight excluding hydrogens is 294 g/mol. The van der Waals surface area contributed by atoms with E-state index < -0.39 is 0 Å². The lowest BCUT2D eigenvalue weighted by Gasteiger charge is -2.25. The largest absolute Gasteiger partial charge is 0.331 e. The molecule has 2 aromatic heterocycles. The fourth-order valence-corrected chi connectivity index (χ4v) is 4.11. The summed E-state index contributed by atoms with van der Waals surface area (Å²) in [6, 6.07) is 4.42. The minimum absolute atomic E-state index is 0.110. The Morgan fingerprint density at radius 1 is 1.41 bits per heavy atom. The summed E-state index contributed by atoms with van der Waals surface area (Å²) >= 11 is 1.74. The molecule has 0 saturated carbocycles. The Morgan fingerprint density at radius 2 is 2.18 bits per heavy atom. The van der Waals surface area contributed by atoms with Crippen LogP contribution in [0.4, 0.5) is 0 Å². The second kappa shape index (κ2) is 5.54. The van der Waals surface area contributed by atoms with Gasteiger partial charge in [0, 0.05) is 17.1 Å². The summed E-state index contributed by atoms with van der Waals surface area (Å²) in [5.74, 6) is 0.115. The smallest absolute Gasteiger partial charge is 0.257 e. The van der Waals surface area contributed by atoms with Gasteiger partial charge in [0.15, 0.2) is 0 Å². The number of carbonyl (C=O) groups excluding carboxylic acids is 1. The van der Waals surface area contributed by atoms with Gasteiger partial charge in [0.05, 0.1) is 23.3 Å². The number of likely N-dealkylation sites (tertiary alicyclic amines) is 1. The van der Waals surface area contributed by atoms with Gasteiger partial charge in [-0.2, -0.15) is 5.10 Å². The third-order valence-corrected chi connectivity index (χ3v) is 5.23. The molecule has 0 spiro atoms. The van der Waals surface area contributed by atoms with Crippen LogP contribution < -0.4 is 0 Å². The Balaban J connectivity index is 1.90. The molecule has 118 valence electrons. The molecule has 1 aliphatic heterocycles. The molecule has 1 aliphatic rings. The monoisotopic (exact) mass is 317 g/mol. The van der Waals surface area contributed by atoms with Crippen molar-refractivity contribution < 1.29 is 4.79 Å². The van der Waals surface area contributed by atoms with E-state index >= 15 is 0 Å². The minimum atomic E-state index is -0.110. The highest BCUT2D eigenvalue weighted by atomic mass is 32.1. The number of thiophene rings is 1. The molecule has 4 nitrogen and oxygen atoms in total. The Labute approximate surface area is 135 Å². The van der Waals surface area contributed by atoms with Gasteiger partial charge in [-0.25, -0.2) is 0 Å². The van der Waals surface area contributed by atoms with E-state index in [2.05, 4.69) is 43.4 Å². The van der Waals surface area contributed by atoms with Crippen LogP contribution in [0.25, 0.3) is 0 Å². The lowest BCUT2D eigenvalue weighted by Crippen LogP contribution is -2.31. The van der Waals surface area contributed by atoms with Crippen molar-refractivity contribution in [3.05, 3.63) is 39.8 Å². The van der Waals surface area contributed by atoms with Crippen LogP contribution >= 0.6 is 11.3 Å². The maximum absolute atomic E-state index is 13.0. The van der Waals surface area contributed by atoms with Crippen LogP contribution in [0.3, 0.4) is 0 Å². The van der Waals surface area contributed by atoms with Crippen LogP contribution in [0.5, 0.6) is 0 Å². The van der Waals surface area contributed by atoms with Crippen molar-refractivity contribution in [1.82, 2.24) is 14.7 Å². The molecule has 3 heterocycles. The molecule has 0 N–H and O–H groups in total. The molecule has 22 heavy (non-hydrogen) atoms. The summed E-state index contributed by atoms with van der Waals surface area (Å²) in [7, 11) is 0. The van der Waals surface area contributed by atoms with Crippen molar-refractivity contribution >= 4 is 17.2 Å². The van der Waals surface area contributed by atoms with E-state index in [0.29, 0.717) is 0 Å². The van der Waals surface area contributed by atoms with Gasteiger partial charge in [-0.1, -0.05) is 6.07 Å². The number of hydrogen-bond donors (Lipinski definition) is 0. The first-order valence-corrected chi connectivity index (χ1v) is 8.67. The van der Waals surface area contributed by atoms with Gasteiger partial charge in [-0.05, 0) is 52.0 Å². The summed E-state index contributed by atoms with van der Waals surface area (Å²) in [5, 5.41) is 6.52. The first kappa shape index (κ1) is 15.3. The molecule has 0 aliphatic carbocycles. The van der Waals surface area contributed by atoms with Gasteiger partial charge in [0.2, 0.25) is 0 Å². The second-order valence-corrected chi connectivity index (χ2v) is 7.88. The molecule has 2 aromatic rings. The zero-order valence-corrected chi connectivity index (χ0v) is 14.5. The predicted octanol–water partition coefficient (Wildman–Crippen LogP) is 3.99. The van der Waals surface area contributed by atoms with Crippen LogP contribution in [-0.4, -0.2) is 27.1 Å². The zero-order valence-electron chi connectivity index (χ0n) is 13.7. The molecule has 1 saturated heterocycles. The molecular formula is C17H23N3OS. The maximum Gasteiger partial charge on any atom is 0.257 e. The standard InChI is InChI=1S/C17H23N3OS/c1-12-13(11-18-20(12)17(2,3)4)16(21)19-9-5-7-14(19)15-8-6-10-22-15/h6,8,10-11,14H,5,7,9H2,1-4H3/t14-/m1/s1. The van der Waals surface area contributed by atoms with Crippen molar-refractivity contribution in [3.63, 3.8) is 0 Å². The number of carbonyl (C=O) groups is 1. The van der Waals surface area contributed by atoms with E-state index in [1.54, 1.807) is 17.5 Å². The lowest BCUT2D eigenvalue weighted by molar-refractivity contribution is 0.0737. The van der Waals surface area contributed by atoms with E-state index in [1.165, 1.54) is 4.88 Å². The van der Waals surface area contributed by atoms with Crippen LogP contribution in [0.15, 0.2) is 23.7 Å². The lowest BCUT2D eigenvalue weighted by atomic mass is 10.1. The van der Waals surface area contributed by atoms with Crippen LogP contribution in [0.2, 0.25) is 0 Å². The number of nitrogens with zero attached hydrogens (tertiary/aromatic N) is 3. The van der Waals surface area contributed by atoms with E-state index in [1.807, 2.05) is 16.5 Å². The zero-order chi connectivity index (χ0) is 15.9. The van der Waals surface area contributed by atoms with Crippen LogP contribution in [0, 0.1) is 6.92 Å². The summed E-state index contributed by atoms with van der Waals surface area (Å²) in [4.78, 5) is 16.3. The third kappa shape index (κ3) is 2.58. The minimum Gasteiger partial charge on any atom is -0.331 e. The average molecular weight is 317 g/mol. The highest BCUT2D eigenvalue weighted by Gasteiger charge is 2.33. The quantitative estimate of drug-likeness (QED) is 0.840. The van der Waals surface area contributed by atoms with Crippen molar-refractivity contribution in [2.75, 3.05) is 6.54 Å². The Hall–Kier alpha value is -1.62. The number of amides is 1. The predicted molar refractivity (Wildman–Crippen MR) is 89.3 cm³/mol. The van der Waals surface area contributed by atoms with E-state index in [-0.39, 0.29) is 17.5 Å². The van der Waals surface area contributed by atoms with Crippen LogP contribution in [0.1, 0.15) is 60.6 Å². The summed E-state index contributed by atoms with van der Waals surface area (Å²) in [6.45, 7) is 9.13. The Kier molecular flexibility index (Phi) is 3.85. The molecule has 5 heteroatoms. The number of aromatic nitrogens is 2. The summed E-state index contributed by atoms with van der Waals surface area (Å²) < 4.78 is 1.94. The van der Waals surface area contributed by atoms with E-state index in [9.17, 15) is 4.79 Å². The van der Waals surface area contributed by atoms with Crippen molar-refractivity contribution in [2.24, 2.45) is 0 Å². The fraction of sp³-hybridized carbons (Fsp3) is 0.529. The van der Waals surface area contributed by atoms with E-state index in [4.69, 9.17) is 0 Å². The third-order valence-electron chi connectivity index (χ3n) is 4.26. The van der Waals surface area contributed by atoms with E-state index in [0.717, 1.165) is 30.6 Å². The molecule has 3 rings (SSSR count). The van der Waals surface area contributed by atoms with Gasteiger partial charge in [0.1, 0.15) is 0 Å². The van der Waals surface area contributed by atoms with Gasteiger partial charge in [-0.15, -0.1) is 11.3 Å². The number of rotatable bonds is 2. The summed E-state index contributed by atoms with van der Waals surface area (Å²) in [6.07, 6.45) is 3.85. The van der Waals surface area contributed by atoms with Gasteiger partial charge < -0.3 is 4.90 Å². The molecule has 0 radical (unpaired) electrons. The van der Waals surface area contributed by atoms with Crippen molar-refractivity contribution in [3.8, 4) is 0 Å². The maximum atomic E-state index is 13.0. The molecule has 1 amide bonds. The Morgan fingerprint density at radius 3 is 2.77 bits per heavy atom. The SMILES string of the molecule is Cc1c(C(=O)N2CCC[C@@H]2c2cccs2)cnn1C(C)(C)C. The van der Waals surface area contributed by atoms with Crippen molar-refractivity contribution in [1.29, 1.82) is 0 Å². The number of hydrogen-bond acceptors (Lipinski definition) is 3. The van der Waals surface area contributed by atoms with Crippen molar-refractivity contribution in [2.45, 2.75) is 52.1 Å². The highest BCUT2D eigenvalue weighted by Crippen LogP contribution is 2.35. The first-order chi connectivity index (χ1) is 10.4. The fourth-order valence-electron chi connectivity index (χ4n) is 3.24. The van der Waals surface area contributed by atoms with Gasteiger partial charge in [-0.3, -0.25) is 9.48 Å². The Bertz CT molecular complexity index is 667. The van der Waals surface area contributed by atoms with Gasteiger partial charge >= 0.3 is 0 Å². The molecule has 0 unspecified atom stereocenters. The molecule has 1 atom stereocenters. The second-order valence-electron chi connectivity index (χ2n) is 6.90. The van der Waals surface area contributed by atoms with Crippen LogP contribution in [-0.2, 0) is 5.54 Å². The molecule has 0 bridgehead atoms. The summed E-state index contributed by atoms with van der Waals surface area (Å²) in [5.41, 5.74) is 1.58. The highest BCUT2D eigenvalue weighted by molar-refractivity contribution is 7.10. The normalized spacial score (nSPS) is 18.9. The molecule has 1 fully saturated rings. The molecule has 0 aromatic carbocycles. The topological polar surface area (TPSA) is 38.1 Å².